The number of nitrogens with zero attached hydrogens (tertiary/aromatic N) is 2. The normalized spacial score (nSPS) is 15.9. The first-order valence-electron chi connectivity index (χ1n) is 9.15. The van der Waals surface area contributed by atoms with Crippen molar-refractivity contribution in [2.45, 2.75) is 18.7 Å². The number of nitrogens with one attached hydrogen (secondary N) is 1. The van der Waals surface area contributed by atoms with Crippen molar-refractivity contribution >= 4 is 27.3 Å². The second-order valence-electron chi connectivity index (χ2n) is 6.97. The van der Waals surface area contributed by atoms with Gasteiger partial charge in [-0.1, -0.05) is 29.3 Å². The van der Waals surface area contributed by atoms with E-state index < -0.39 is 10.0 Å². The molecule has 1 aliphatic heterocycles. The number of piperazine rings is 1. The Bertz CT molecular complexity index is 877. The van der Waals surface area contributed by atoms with Crippen LogP contribution in [-0.2, 0) is 10.0 Å². The summed E-state index contributed by atoms with van der Waals surface area (Å²) < 4.78 is 27.8. The lowest BCUT2D eigenvalue weighted by Crippen LogP contribution is -2.48. The summed E-state index contributed by atoms with van der Waals surface area (Å²) >= 11 is 5.95. The summed E-state index contributed by atoms with van der Waals surface area (Å²) in [4.78, 5) is 4.98. The van der Waals surface area contributed by atoms with Crippen molar-refractivity contribution in [2.24, 2.45) is 0 Å². The highest BCUT2D eigenvalue weighted by atomic mass is 35.5. The smallest absolute Gasteiger partial charge is 0.240 e. The molecule has 1 fully saturated rings. The van der Waals surface area contributed by atoms with Crippen molar-refractivity contribution in [1.82, 2.24) is 9.62 Å². The van der Waals surface area contributed by atoms with E-state index in [9.17, 15) is 8.42 Å². The molecule has 2 aromatic rings. The molecule has 7 heteroatoms. The van der Waals surface area contributed by atoms with Gasteiger partial charge in [0.05, 0.1) is 4.90 Å². The zero-order chi connectivity index (χ0) is 19.4. The Labute approximate surface area is 167 Å². The lowest BCUT2D eigenvalue weighted by atomic mass is 10.2. The van der Waals surface area contributed by atoms with Crippen molar-refractivity contribution < 1.29 is 8.42 Å². The van der Waals surface area contributed by atoms with E-state index >= 15 is 0 Å². The van der Waals surface area contributed by atoms with Gasteiger partial charge in [-0.3, -0.25) is 4.90 Å². The van der Waals surface area contributed by atoms with Crippen LogP contribution in [0.2, 0.25) is 5.02 Å². The molecule has 0 radical (unpaired) electrons. The van der Waals surface area contributed by atoms with Crippen LogP contribution in [0.3, 0.4) is 0 Å². The molecule has 0 atom stereocenters. The summed E-state index contributed by atoms with van der Waals surface area (Å²) in [7, 11) is -3.47. The summed E-state index contributed by atoms with van der Waals surface area (Å²) in [6, 6.07) is 13.3. The summed E-state index contributed by atoms with van der Waals surface area (Å²) in [6.07, 6.45) is 0. The van der Waals surface area contributed by atoms with Crippen LogP contribution < -0.4 is 9.62 Å². The largest absolute Gasteiger partial charge is 0.369 e. The number of halogens is 1. The molecule has 0 bridgehead atoms. The Balaban J connectivity index is 1.48. The standard InChI is InChI=1S/C20H26ClN3O2S/c1-16-3-8-20(17(2)15-16)27(25,26)22-9-10-23-11-13-24(14-12-23)19-6-4-18(21)5-7-19/h3-8,15,22H,9-14H2,1-2H3. The summed E-state index contributed by atoms with van der Waals surface area (Å²) in [6.45, 7) is 8.58. The quantitative estimate of drug-likeness (QED) is 0.799. The highest BCUT2D eigenvalue weighted by molar-refractivity contribution is 7.89. The van der Waals surface area contributed by atoms with E-state index in [1.54, 1.807) is 6.07 Å². The van der Waals surface area contributed by atoms with Gasteiger partial charge in [0.1, 0.15) is 0 Å². The van der Waals surface area contributed by atoms with Gasteiger partial charge in [-0.05, 0) is 49.7 Å². The van der Waals surface area contributed by atoms with Gasteiger partial charge in [-0.25, -0.2) is 13.1 Å². The van der Waals surface area contributed by atoms with Crippen LogP contribution in [-0.4, -0.2) is 52.6 Å². The zero-order valence-electron chi connectivity index (χ0n) is 15.8. The Kier molecular flexibility index (Phi) is 6.42. The van der Waals surface area contributed by atoms with Crippen molar-refractivity contribution in [2.75, 3.05) is 44.2 Å². The molecule has 1 N–H and O–H groups in total. The lowest BCUT2D eigenvalue weighted by Gasteiger charge is -2.36. The number of aryl methyl sites for hydroxylation is 2. The van der Waals surface area contributed by atoms with Crippen molar-refractivity contribution in [3.05, 3.63) is 58.6 Å². The minimum absolute atomic E-state index is 0.362. The van der Waals surface area contributed by atoms with Gasteiger partial charge in [-0.2, -0.15) is 0 Å². The molecule has 1 heterocycles. The first kappa shape index (κ1) is 20.1. The van der Waals surface area contributed by atoms with E-state index in [0.29, 0.717) is 18.0 Å². The van der Waals surface area contributed by atoms with E-state index in [1.165, 1.54) is 5.69 Å². The van der Waals surface area contributed by atoms with Crippen LogP contribution in [0, 0.1) is 13.8 Å². The van der Waals surface area contributed by atoms with E-state index in [4.69, 9.17) is 11.6 Å². The highest BCUT2D eigenvalue weighted by Gasteiger charge is 2.19. The molecule has 1 saturated heterocycles. The van der Waals surface area contributed by atoms with Gasteiger partial charge in [0.2, 0.25) is 10.0 Å². The van der Waals surface area contributed by atoms with Crippen LogP contribution in [0.1, 0.15) is 11.1 Å². The Morgan fingerprint density at radius 1 is 1.00 bits per heavy atom. The van der Waals surface area contributed by atoms with Gasteiger partial charge >= 0.3 is 0 Å². The fraction of sp³-hybridized carbons (Fsp3) is 0.400. The van der Waals surface area contributed by atoms with E-state index in [1.807, 2.05) is 50.2 Å². The minimum atomic E-state index is -3.47. The number of benzene rings is 2. The predicted octanol–water partition coefficient (Wildman–Crippen LogP) is 3.06. The van der Waals surface area contributed by atoms with Gasteiger partial charge in [-0.15, -0.1) is 0 Å². The number of sulfonamides is 1. The summed E-state index contributed by atoms with van der Waals surface area (Å²) in [5, 5.41) is 0.744. The highest BCUT2D eigenvalue weighted by Crippen LogP contribution is 2.19. The molecule has 1 aliphatic rings. The van der Waals surface area contributed by atoms with E-state index in [-0.39, 0.29) is 0 Å². The van der Waals surface area contributed by atoms with Gasteiger partial charge in [0, 0.05) is 50.0 Å². The molecule has 0 aliphatic carbocycles. The molecular formula is C20H26ClN3O2S. The van der Waals surface area contributed by atoms with Crippen LogP contribution in [0.15, 0.2) is 47.4 Å². The van der Waals surface area contributed by atoms with Crippen LogP contribution >= 0.6 is 11.6 Å². The number of hydrogen-bond donors (Lipinski definition) is 1. The van der Waals surface area contributed by atoms with Gasteiger partial charge in [0.25, 0.3) is 0 Å². The first-order chi connectivity index (χ1) is 12.8. The Morgan fingerprint density at radius 2 is 1.67 bits per heavy atom. The molecule has 0 saturated carbocycles. The third-order valence-electron chi connectivity index (χ3n) is 4.90. The van der Waals surface area contributed by atoms with Gasteiger partial charge < -0.3 is 4.90 Å². The maximum Gasteiger partial charge on any atom is 0.240 e. The van der Waals surface area contributed by atoms with Crippen molar-refractivity contribution in [3.8, 4) is 0 Å². The minimum Gasteiger partial charge on any atom is -0.369 e. The SMILES string of the molecule is Cc1ccc(S(=O)(=O)NCCN2CCN(c3ccc(Cl)cc3)CC2)c(C)c1. The van der Waals surface area contributed by atoms with Crippen LogP contribution in [0.5, 0.6) is 0 Å². The molecule has 2 aromatic carbocycles. The third-order valence-corrected chi connectivity index (χ3v) is 6.78. The number of rotatable bonds is 6. The monoisotopic (exact) mass is 407 g/mol. The first-order valence-corrected chi connectivity index (χ1v) is 11.0. The molecule has 0 aromatic heterocycles. The summed E-state index contributed by atoms with van der Waals surface area (Å²) in [5.74, 6) is 0. The maximum absolute atomic E-state index is 12.5. The van der Waals surface area contributed by atoms with Gasteiger partial charge in [0.15, 0.2) is 0 Å². The van der Waals surface area contributed by atoms with Crippen LogP contribution in [0.25, 0.3) is 0 Å². The molecule has 0 unspecified atom stereocenters. The Morgan fingerprint density at radius 3 is 2.30 bits per heavy atom. The molecule has 0 spiro atoms. The number of hydrogen-bond acceptors (Lipinski definition) is 4. The molecule has 27 heavy (non-hydrogen) atoms. The third kappa shape index (κ3) is 5.23. The fourth-order valence-corrected chi connectivity index (χ4v) is 4.77. The van der Waals surface area contributed by atoms with E-state index in [2.05, 4.69) is 14.5 Å². The van der Waals surface area contributed by atoms with E-state index in [0.717, 1.165) is 42.3 Å². The lowest BCUT2D eigenvalue weighted by molar-refractivity contribution is 0.262. The topological polar surface area (TPSA) is 52.7 Å². The van der Waals surface area contributed by atoms with Crippen molar-refractivity contribution in [1.29, 1.82) is 0 Å². The van der Waals surface area contributed by atoms with Crippen molar-refractivity contribution in [3.63, 3.8) is 0 Å². The molecular weight excluding hydrogens is 382 g/mol. The molecule has 0 amide bonds. The average Bonchev–Trinajstić information content (AvgIpc) is 2.62. The fourth-order valence-electron chi connectivity index (χ4n) is 3.40. The second kappa shape index (κ2) is 8.61. The molecule has 146 valence electrons. The Hall–Kier alpha value is -1.60. The molecule has 5 nitrogen and oxygen atoms in total. The molecule has 3 rings (SSSR count). The number of anilines is 1. The average molecular weight is 408 g/mol. The zero-order valence-corrected chi connectivity index (χ0v) is 17.4. The second-order valence-corrected chi connectivity index (χ2v) is 9.14. The summed E-state index contributed by atoms with van der Waals surface area (Å²) in [5.41, 5.74) is 3.01. The predicted molar refractivity (Wildman–Crippen MR) is 111 cm³/mol. The van der Waals surface area contributed by atoms with Crippen LogP contribution in [0.4, 0.5) is 5.69 Å². The maximum atomic E-state index is 12.5.